The van der Waals surface area contributed by atoms with Crippen LogP contribution in [0.2, 0.25) is 0 Å². The second kappa shape index (κ2) is 9.12. The first kappa shape index (κ1) is 22.4. The van der Waals surface area contributed by atoms with Gasteiger partial charge in [-0.1, -0.05) is 52.3 Å². The minimum Gasteiger partial charge on any atom is -0.342 e. The predicted octanol–water partition coefficient (Wildman–Crippen LogP) is 5.55. The molecule has 0 radical (unpaired) electrons. The lowest BCUT2D eigenvalue weighted by Gasteiger charge is -2.23. The van der Waals surface area contributed by atoms with Crippen molar-refractivity contribution in [3.8, 4) is 11.3 Å². The summed E-state index contributed by atoms with van der Waals surface area (Å²) < 4.78 is 31.7. The third-order valence-corrected chi connectivity index (χ3v) is 6.68. The van der Waals surface area contributed by atoms with Crippen LogP contribution in [0.25, 0.3) is 22.2 Å². The Balaban J connectivity index is 1.68. The van der Waals surface area contributed by atoms with Gasteiger partial charge in [0.2, 0.25) is 0 Å². The highest BCUT2D eigenvalue weighted by atomic mass is 79.9. The van der Waals surface area contributed by atoms with Crippen molar-refractivity contribution in [3.63, 3.8) is 0 Å². The molecule has 3 aromatic rings. The van der Waals surface area contributed by atoms with E-state index in [0.717, 1.165) is 27.5 Å². The summed E-state index contributed by atoms with van der Waals surface area (Å²) in [6, 6.07) is 17.7. The van der Waals surface area contributed by atoms with Crippen molar-refractivity contribution in [1.82, 2.24) is 19.7 Å². The number of pyridine rings is 1. The van der Waals surface area contributed by atoms with E-state index < -0.39 is 11.6 Å². The number of halogens is 3. The molecule has 0 unspecified atom stereocenters. The topological polar surface area (TPSA) is 53.9 Å². The minimum absolute atomic E-state index is 0.0624. The van der Waals surface area contributed by atoms with Gasteiger partial charge in [0.25, 0.3) is 5.56 Å². The van der Waals surface area contributed by atoms with Crippen LogP contribution in [0.4, 0.5) is 8.78 Å². The molecule has 0 saturated heterocycles. The molecule has 0 atom stereocenters. The lowest BCUT2D eigenvalue weighted by molar-refractivity contribution is 0.319. The molecular formula is C26H21BrF2N4O. The van der Waals surface area contributed by atoms with Crippen LogP contribution < -0.4 is 5.56 Å². The number of fused-ring (bicyclic) bond motifs is 3. The molecule has 8 heteroatoms. The van der Waals surface area contributed by atoms with Crippen molar-refractivity contribution in [2.24, 2.45) is 0 Å². The maximum absolute atomic E-state index is 14.6. The van der Waals surface area contributed by atoms with Crippen LogP contribution in [0, 0.1) is 11.6 Å². The van der Waals surface area contributed by atoms with Gasteiger partial charge >= 0.3 is 0 Å². The fraction of sp³-hybridized carbons (Fsp3) is 0.154. The van der Waals surface area contributed by atoms with E-state index in [1.807, 2.05) is 37.4 Å². The molecule has 5 nitrogen and oxygen atoms in total. The largest absolute Gasteiger partial charge is 0.342 e. The zero-order chi connectivity index (χ0) is 23.8. The molecule has 0 saturated carbocycles. The maximum Gasteiger partial charge on any atom is 0.275 e. The molecule has 0 fully saturated rings. The van der Waals surface area contributed by atoms with E-state index >= 15 is 0 Å². The van der Waals surface area contributed by atoms with Gasteiger partial charge in [-0.15, -0.1) is 0 Å². The van der Waals surface area contributed by atoms with Crippen LogP contribution in [-0.4, -0.2) is 26.7 Å². The van der Waals surface area contributed by atoms with Crippen LogP contribution >= 0.6 is 15.9 Å². The number of rotatable bonds is 6. The standard InChI is InChI=1S/C26H21BrF2N4O/c1-32(12-16-6-3-2-4-7-16)13-18-21(27)11-10-17-24-20(26(34)31-30-24)15-33(25(17)18)14-19-22(28)8-5-9-23(19)29/h2-11,15H,12-14H2,1H3,(H,31,34). The number of aromatic nitrogens is 3. The molecule has 2 heterocycles. The normalized spacial score (nSPS) is 11.7. The molecule has 1 N–H and O–H groups in total. The third kappa shape index (κ3) is 4.15. The summed E-state index contributed by atoms with van der Waals surface area (Å²) in [7, 11) is 2.02. The highest BCUT2D eigenvalue weighted by molar-refractivity contribution is 9.10. The molecule has 0 spiro atoms. The van der Waals surface area contributed by atoms with E-state index in [2.05, 4.69) is 43.2 Å². The molecule has 0 bridgehead atoms. The summed E-state index contributed by atoms with van der Waals surface area (Å²) in [6.45, 7) is 1.22. The Morgan fingerprint density at radius 2 is 1.71 bits per heavy atom. The van der Waals surface area contributed by atoms with Crippen LogP contribution in [-0.2, 0) is 19.6 Å². The number of nitrogens with one attached hydrogen (secondary N) is 1. The number of hydrogen-bond acceptors (Lipinski definition) is 3. The lowest BCUT2D eigenvalue weighted by Crippen LogP contribution is -2.19. The van der Waals surface area contributed by atoms with Crippen molar-refractivity contribution in [2.45, 2.75) is 19.6 Å². The molecule has 2 aliphatic rings. The molecule has 0 amide bonds. The van der Waals surface area contributed by atoms with Crippen molar-refractivity contribution in [2.75, 3.05) is 7.05 Å². The Labute approximate surface area is 203 Å². The van der Waals surface area contributed by atoms with Crippen LogP contribution in [0.3, 0.4) is 0 Å². The average Bonchev–Trinajstić information content (AvgIpc) is 3.19. The van der Waals surface area contributed by atoms with Crippen LogP contribution in [0.1, 0.15) is 16.7 Å². The lowest BCUT2D eigenvalue weighted by atomic mass is 10.0. The van der Waals surface area contributed by atoms with Gasteiger partial charge in [0.15, 0.2) is 0 Å². The summed E-state index contributed by atoms with van der Waals surface area (Å²) >= 11 is 3.67. The van der Waals surface area contributed by atoms with E-state index in [1.165, 1.54) is 23.8 Å². The SMILES string of the molecule is CN(Cc1ccccc1)Cc1c(Br)ccc2c3n[nH]c(=O)c-3cn(Cc3c(F)cccc3F)c12. The van der Waals surface area contributed by atoms with Crippen LogP contribution in [0.15, 0.2) is 76.1 Å². The van der Waals surface area contributed by atoms with Gasteiger partial charge < -0.3 is 4.57 Å². The predicted molar refractivity (Wildman–Crippen MR) is 132 cm³/mol. The van der Waals surface area contributed by atoms with Gasteiger partial charge in [-0.3, -0.25) is 9.69 Å². The number of hydrogen-bond donors (Lipinski definition) is 1. The zero-order valence-corrected chi connectivity index (χ0v) is 19.9. The van der Waals surface area contributed by atoms with Crippen molar-refractivity contribution < 1.29 is 8.78 Å². The second-order valence-corrected chi connectivity index (χ2v) is 9.21. The second-order valence-electron chi connectivity index (χ2n) is 8.35. The number of nitrogens with zero attached hydrogens (tertiary/aromatic N) is 3. The Bertz CT molecular complexity index is 1490. The van der Waals surface area contributed by atoms with E-state index in [0.29, 0.717) is 17.8 Å². The van der Waals surface area contributed by atoms with E-state index in [9.17, 15) is 13.6 Å². The van der Waals surface area contributed by atoms with Crippen molar-refractivity contribution in [1.29, 1.82) is 0 Å². The molecule has 5 rings (SSSR count). The van der Waals surface area contributed by atoms with Crippen molar-refractivity contribution >= 4 is 26.8 Å². The first-order valence-corrected chi connectivity index (χ1v) is 11.6. The number of H-pyrrole nitrogens is 1. The quantitative estimate of drug-likeness (QED) is 0.318. The summed E-state index contributed by atoms with van der Waals surface area (Å²) in [6.07, 6.45) is 1.63. The molecule has 0 aromatic heterocycles. The molecule has 3 aromatic carbocycles. The smallest absolute Gasteiger partial charge is 0.275 e. The minimum atomic E-state index is -0.631. The van der Waals surface area contributed by atoms with E-state index in [1.54, 1.807) is 10.8 Å². The number of benzene rings is 3. The number of aromatic amines is 1. The fourth-order valence-electron chi connectivity index (χ4n) is 4.36. The van der Waals surface area contributed by atoms with Gasteiger partial charge in [-0.05, 0) is 36.9 Å². The third-order valence-electron chi connectivity index (χ3n) is 5.94. The van der Waals surface area contributed by atoms with Gasteiger partial charge in [-0.25, -0.2) is 13.9 Å². The van der Waals surface area contributed by atoms with E-state index in [-0.39, 0.29) is 17.7 Å². The molecule has 34 heavy (non-hydrogen) atoms. The molecule has 0 aliphatic carbocycles. The summed E-state index contributed by atoms with van der Waals surface area (Å²) in [5.74, 6) is -1.26. The average molecular weight is 523 g/mol. The van der Waals surface area contributed by atoms with Gasteiger partial charge in [-0.2, -0.15) is 5.10 Å². The Kier molecular flexibility index (Phi) is 6.02. The Hall–Kier alpha value is -3.36. The van der Waals surface area contributed by atoms with Gasteiger partial charge in [0, 0.05) is 40.3 Å². The molecular weight excluding hydrogens is 502 g/mol. The van der Waals surface area contributed by atoms with Crippen LogP contribution in [0.5, 0.6) is 0 Å². The summed E-state index contributed by atoms with van der Waals surface area (Å²) in [5.41, 5.74) is 3.37. The Morgan fingerprint density at radius 3 is 2.44 bits per heavy atom. The highest BCUT2D eigenvalue weighted by Gasteiger charge is 2.22. The molecule has 2 aliphatic heterocycles. The van der Waals surface area contributed by atoms with Gasteiger partial charge in [0.05, 0.1) is 17.6 Å². The summed E-state index contributed by atoms with van der Waals surface area (Å²) in [5, 5.41) is 7.46. The molecule has 172 valence electrons. The fourth-order valence-corrected chi connectivity index (χ4v) is 4.81. The first-order valence-electron chi connectivity index (χ1n) is 10.8. The monoisotopic (exact) mass is 522 g/mol. The zero-order valence-electron chi connectivity index (χ0n) is 18.4. The Morgan fingerprint density at radius 1 is 0.971 bits per heavy atom. The maximum atomic E-state index is 14.6. The van der Waals surface area contributed by atoms with Gasteiger partial charge in [0.1, 0.15) is 17.3 Å². The first-order chi connectivity index (χ1) is 16.4. The van der Waals surface area contributed by atoms with E-state index in [4.69, 9.17) is 0 Å². The summed E-state index contributed by atoms with van der Waals surface area (Å²) in [4.78, 5) is 14.6. The van der Waals surface area contributed by atoms with Crippen molar-refractivity contribution in [3.05, 3.63) is 110 Å². The highest BCUT2D eigenvalue weighted by Crippen LogP contribution is 2.34.